The summed E-state index contributed by atoms with van der Waals surface area (Å²) in [6.45, 7) is 5.25. The highest BCUT2D eigenvalue weighted by atomic mass is 127. The number of methoxy groups -OCH3 is 1. The van der Waals surface area contributed by atoms with E-state index in [1.807, 2.05) is 37.3 Å². The highest BCUT2D eigenvalue weighted by molar-refractivity contribution is 14.1. The number of ether oxygens (including phenoxy) is 1. The van der Waals surface area contributed by atoms with E-state index < -0.39 is 11.2 Å². The first kappa shape index (κ1) is 28.8. The van der Waals surface area contributed by atoms with E-state index in [1.54, 1.807) is 32.0 Å². The van der Waals surface area contributed by atoms with Crippen molar-refractivity contribution >= 4 is 53.9 Å². The summed E-state index contributed by atoms with van der Waals surface area (Å²) < 4.78 is 6.29. The van der Waals surface area contributed by atoms with Crippen LogP contribution in [0.2, 0.25) is 0 Å². The summed E-state index contributed by atoms with van der Waals surface area (Å²) in [5.74, 6) is 0.0300. The molecule has 8 nitrogen and oxygen atoms in total. The number of carbonyl (C=O) groups is 1. The van der Waals surface area contributed by atoms with Crippen LogP contribution in [0.5, 0.6) is 5.75 Å². The Morgan fingerprint density at radius 3 is 2.45 bits per heavy atom. The van der Waals surface area contributed by atoms with Crippen molar-refractivity contribution in [1.82, 2.24) is 20.5 Å². The number of hydrogen-bond acceptors (Lipinski definition) is 7. The fraction of sp³-hybridized carbons (Fsp3) is 0.333. The molecule has 0 saturated heterocycles. The minimum Gasteiger partial charge on any atom is -0.494 e. The van der Waals surface area contributed by atoms with Crippen LogP contribution in [0.3, 0.4) is 0 Å². The van der Waals surface area contributed by atoms with Crippen LogP contribution in [-0.2, 0) is 11.2 Å². The van der Waals surface area contributed by atoms with Crippen LogP contribution in [-0.4, -0.2) is 45.0 Å². The van der Waals surface area contributed by atoms with Crippen molar-refractivity contribution in [3.05, 3.63) is 74.6 Å². The van der Waals surface area contributed by atoms with Crippen molar-refractivity contribution in [2.24, 2.45) is 5.92 Å². The van der Waals surface area contributed by atoms with Gasteiger partial charge in [0, 0.05) is 25.6 Å². The Kier molecular flexibility index (Phi) is 7.87. The number of rotatable bonds is 8. The molecule has 3 N–H and O–H groups in total. The Labute approximate surface area is 249 Å². The number of amides is 1. The van der Waals surface area contributed by atoms with Crippen LogP contribution in [0.15, 0.2) is 48.5 Å². The van der Waals surface area contributed by atoms with E-state index in [4.69, 9.17) is 9.72 Å². The van der Waals surface area contributed by atoms with Crippen molar-refractivity contribution in [2.75, 3.05) is 13.7 Å². The number of aromatic nitrogens is 3. The maximum Gasteiger partial charge on any atom is 0.251 e. The normalized spacial score (nSPS) is 15.1. The van der Waals surface area contributed by atoms with Gasteiger partial charge in [0.1, 0.15) is 16.9 Å². The summed E-state index contributed by atoms with van der Waals surface area (Å²) in [6.07, 6.45) is 1.63. The lowest BCUT2D eigenvalue weighted by molar-refractivity contribution is 0.00882. The number of nitrogens with one attached hydrogen (secondary N) is 1. The molecule has 0 spiro atoms. The summed E-state index contributed by atoms with van der Waals surface area (Å²) in [6, 6.07) is 14.9. The van der Waals surface area contributed by atoms with Gasteiger partial charge in [0.2, 0.25) is 0 Å². The summed E-state index contributed by atoms with van der Waals surface area (Å²) in [4.78, 5) is 18.3. The number of aryl methyl sites for hydroxylation is 1. The summed E-state index contributed by atoms with van der Waals surface area (Å²) in [5.41, 5.74) is 1.77. The second-order valence-corrected chi connectivity index (χ2v) is 12.6. The van der Waals surface area contributed by atoms with E-state index in [9.17, 15) is 15.0 Å². The average molecular weight is 670 g/mol. The molecule has 0 aliphatic heterocycles. The van der Waals surface area contributed by atoms with Gasteiger partial charge in [-0.15, -0.1) is 14.3 Å². The molecule has 0 radical (unpaired) electrons. The molecule has 1 aliphatic rings. The molecule has 10 heteroatoms. The Hall–Kier alpha value is -2.72. The van der Waals surface area contributed by atoms with Crippen molar-refractivity contribution in [2.45, 2.75) is 44.8 Å². The Bertz CT molecular complexity index is 1600. The second kappa shape index (κ2) is 10.9. The van der Waals surface area contributed by atoms with Crippen molar-refractivity contribution in [3.8, 4) is 17.0 Å². The zero-order valence-corrected chi connectivity index (χ0v) is 26.1. The Balaban J connectivity index is 1.52. The lowest BCUT2D eigenvalue weighted by atomic mass is 9.88. The van der Waals surface area contributed by atoms with Gasteiger partial charge in [-0.25, -0.2) is 4.98 Å². The fourth-order valence-corrected chi connectivity index (χ4v) is 6.31. The van der Waals surface area contributed by atoms with Crippen LogP contribution >= 0.6 is 31.8 Å². The van der Waals surface area contributed by atoms with E-state index in [1.165, 1.54) is 7.11 Å². The SMILES string of the molecule is COc1cc(C(=O)NC[C@@](O)(c2cc(C(C)(C)O)c(I)c(-c3ccc(P)cc3)n2)C2CC2)cc2cc(C)nnc12. The molecule has 208 valence electrons. The van der Waals surface area contributed by atoms with Gasteiger partial charge in [0.25, 0.3) is 5.91 Å². The van der Waals surface area contributed by atoms with Crippen molar-refractivity contribution in [1.29, 1.82) is 0 Å². The predicted octanol–water partition coefficient (Wildman–Crippen LogP) is 4.37. The minimum absolute atomic E-state index is 0.0344. The number of hydrogen-bond donors (Lipinski definition) is 3. The van der Waals surface area contributed by atoms with Gasteiger partial charge < -0.3 is 20.3 Å². The Morgan fingerprint density at radius 2 is 1.82 bits per heavy atom. The number of aliphatic hydroxyl groups is 2. The van der Waals surface area contributed by atoms with Crippen LogP contribution in [0, 0.1) is 16.4 Å². The van der Waals surface area contributed by atoms with E-state index in [-0.39, 0.29) is 18.4 Å². The number of halogens is 1. The minimum atomic E-state index is -1.42. The van der Waals surface area contributed by atoms with Gasteiger partial charge in [-0.1, -0.05) is 24.3 Å². The molecule has 2 heterocycles. The summed E-state index contributed by atoms with van der Waals surface area (Å²) in [7, 11) is 4.19. The van der Waals surface area contributed by atoms with Crippen LogP contribution in [0.1, 0.15) is 54.0 Å². The number of carbonyl (C=O) groups excluding carboxylic acids is 1. The fourth-order valence-electron chi connectivity index (χ4n) is 4.87. The molecular weight excluding hydrogens is 638 g/mol. The predicted molar refractivity (Wildman–Crippen MR) is 167 cm³/mol. The average Bonchev–Trinajstić information content (AvgIpc) is 3.77. The van der Waals surface area contributed by atoms with Crippen LogP contribution < -0.4 is 15.4 Å². The van der Waals surface area contributed by atoms with Crippen molar-refractivity contribution in [3.63, 3.8) is 0 Å². The third-order valence-corrected chi connectivity index (χ3v) is 8.75. The molecule has 5 rings (SSSR count). The zero-order chi connectivity index (χ0) is 28.8. The third kappa shape index (κ3) is 5.70. The second-order valence-electron chi connectivity index (χ2n) is 10.9. The van der Waals surface area contributed by atoms with E-state index in [0.29, 0.717) is 33.8 Å². The van der Waals surface area contributed by atoms with E-state index in [0.717, 1.165) is 38.4 Å². The van der Waals surface area contributed by atoms with Gasteiger partial charge in [0.05, 0.1) is 36.3 Å². The zero-order valence-electron chi connectivity index (χ0n) is 22.8. The number of pyridine rings is 1. The molecule has 2 atom stereocenters. The quantitative estimate of drug-likeness (QED) is 0.188. The van der Waals surface area contributed by atoms with Gasteiger partial charge in [-0.05, 0) is 91.7 Å². The first-order valence-corrected chi connectivity index (χ1v) is 14.7. The van der Waals surface area contributed by atoms with Crippen LogP contribution in [0.4, 0.5) is 0 Å². The smallest absolute Gasteiger partial charge is 0.251 e. The lowest BCUT2D eigenvalue weighted by Crippen LogP contribution is -2.43. The number of nitrogens with zero attached hydrogens (tertiary/aromatic N) is 3. The number of benzene rings is 2. The Morgan fingerprint density at radius 1 is 1.12 bits per heavy atom. The van der Waals surface area contributed by atoms with E-state index >= 15 is 0 Å². The number of fused-ring (bicyclic) bond motifs is 1. The lowest BCUT2D eigenvalue weighted by Gasteiger charge is -2.31. The molecule has 2 aromatic heterocycles. The maximum absolute atomic E-state index is 13.4. The molecule has 0 bridgehead atoms. The molecule has 1 unspecified atom stereocenters. The summed E-state index contributed by atoms with van der Waals surface area (Å²) in [5, 5.41) is 36.2. The topological polar surface area (TPSA) is 117 Å². The highest BCUT2D eigenvalue weighted by Gasteiger charge is 2.47. The first-order chi connectivity index (χ1) is 18.9. The van der Waals surface area contributed by atoms with Gasteiger partial charge in [-0.3, -0.25) is 4.79 Å². The molecule has 1 aliphatic carbocycles. The molecule has 2 aromatic carbocycles. The molecule has 1 saturated carbocycles. The first-order valence-electron chi connectivity index (χ1n) is 13.0. The molecule has 1 amide bonds. The largest absolute Gasteiger partial charge is 0.494 e. The summed E-state index contributed by atoms with van der Waals surface area (Å²) >= 11 is 2.21. The monoisotopic (exact) mass is 670 g/mol. The molecule has 40 heavy (non-hydrogen) atoms. The van der Waals surface area contributed by atoms with Gasteiger partial charge in [-0.2, -0.15) is 5.10 Å². The van der Waals surface area contributed by atoms with Crippen molar-refractivity contribution < 1.29 is 19.7 Å². The molecule has 1 fully saturated rings. The standard InChI is InChI=1S/C30H32IN4O4P/c1-16-11-18-12-19(13-23(39-4)26(18)35-34-16)28(36)32-15-30(38,20-7-8-20)24-14-22(29(2,3)37)25(31)27(33-24)17-5-9-21(40)10-6-17/h5-6,9-14,20,37-38H,7-8,15,40H2,1-4H3,(H,32,36)/t30-/m0/s1. The van der Waals surface area contributed by atoms with E-state index in [2.05, 4.69) is 47.3 Å². The van der Waals surface area contributed by atoms with Gasteiger partial charge in [0.15, 0.2) is 0 Å². The molecule has 4 aromatic rings. The maximum atomic E-state index is 13.4. The van der Waals surface area contributed by atoms with Crippen LogP contribution in [0.25, 0.3) is 22.2 Å². The third-order valence-electron chi connectivity index (χ3n) is 7.27. The highest BCUT2D eigenvalue weighted by Crippen LogP contribution is 2.46. The molecular formula is C30H32IN4O4P. The van der Waals surface area contributed by atoms with Gasteiger partial charge >= 0.3 is 0 Å².